The SMILES string of the molecule is CCCNC(=O)c1cc2ccc(OC)cc2[nH]1. The van der Waals surface area contributed by atoms with Gasteiger partial charge in [-0.1, -0.05) is 6.92 Å². The molecule has 0 aliphatic carbocycles. The zero-order valence-corrected chi connectivity index (χ0v) is 10.0. The van der Waals surface area contributed by atoms with Crippen LogP contribution in [0.1, 0.15) is 23.8 Å². The lowest BCUT2D eigenvalue weighted by Crippen LogP contribution is -2.24. The Morgan fingerprint density at radius 3 is 2.94 bits per heavy atom. The highest BCUT2D eigenvalue weighted by Crippen LogP contribution is 2.21. The van der Waals surface area contributed by atoms with E-state index >= 15 is 0 Å². The van der Waals surface area contributed by atoms with Gasteiger partial charge in [-0.25, -0.2) is 0 Å². The first-order valence-electron chi connectivity index (χ1n) is 5.69. The second-order valence-electron chi connectivity index (χ2n) is 3.89. The molecule has 4 nitrogen and oxygen atoms in total. The molecule has 4 heteroatoms. The third kappa shape index (κ3) is 2.41. The molecule has 0 aliphatic heterocycles. The van der Waals surface area contributed by atoms with Crippen LogP contribution in [0.25, 0.3) is 10.9 Å². The van der Waals surface area contributed by atoms with Crippen molar-refractivity contribution in [2.75, 3.05) is 13.7 Å². The maximum absolute atomic E-state index is 11.8. The van der Waals surface area contributed by atoms with Gasteiger partial charge in [0.2, 0.25) is 0 Å². The maximum Gasteiger partial charge on any atom is 0.267 e. The highest BCUT2D eigenvalue weighted by molar-refractivity contribution is 5.98. The Morgan fingerprint density at radius 2 is 2.24 bits per heavy atom. The molecular weight excluding hydrogens is 216 g/mol. The van der Waals surface area contributed by atoms with E-state index in [-0.39, 0.29) is 5.91 Å². The molecule has 0 saturated heterocycles. The standard InChI is InChI=1S/C13H16N2O2/c1-3-6-14-13(16)12-7-9-4-5-10(17-2)8-11(9)15-12/h4-5,7-8,15H,3,6H2,1-2H3,(H,14,16). The number of rotatable bonds is 4. The summed E-state index contributed by atoms with van der Waals surface area (Å²) in [6, 6.07) is 7.54. The number of hydrogen-bond acceptors (Lipinski definition) is 2. The third-order valence-corrected chi connectivity index (χ3v) is 2.61. The second kappa shape index (κ2) is 4.91. The fourth-order valence-electron chi connectivity index (χ4n) is 1.69. The molecule has 1 aromatic heterocycles. The van der Waals surface area contributed by atoms with Crippen LogP contribution in [-0.2, 0) is 0 Å². The number of H-pyrrole nitrogens is 1. The molecule has 2 N–H and O–H groups in total. The zero-order valence-electron chi connectivity index (χ0n) is 10.0. The summed E-state index contributed by atoms with van der Waals surface area (Å²) < 4.78 is 5.14. The Kier molecular flexibility index (Phi) is 3.32. The van der Waals surface area contributed by atoms with Crippen LogP contribution >= 0.6 is 0 Å². The summed E-state index contributed by atoms with van der Waals surface area (Å²) in [7, 11) is 1.62. The van der Waals surface area contributed by atoms with Crippen LogP contribution in [0.15, 0.2) is 24.3 Å². The minimum absolute atomic E-state index is 0.0676. The van der Waals surface area contributed by atoms with Gasteiger partial charge in [0.05, 0.1) is 7.11 Å². The molecular formula is C13H16N2O2. The summed E-state index contributed by atoms with van der Waals surface area (Å²) >= 11 is 0. The topological polar surface area (TPSA) is 54.1 Å². The van der Waals surface area contributed by atoms with Gasteiger partial charge < -0.3 is 15.0 Å². The summed E-state index contributed by atoms with van der Waals surface area (Å²) in [4.78, 5) is 14.8. The number of amides is 1. The van der Waals surface area contributed by atoms with Gasteiger partial charge in [-0.2, -0.15) is 0 Å². The number of carbonyl (C=O) groups is 1. The number of hydrogen-bond donors (Lipinski definition) is 2. The summed E-state index contributed by atoms with van der Waals surface area (Å²) in [5, 5.41) is 3.84. The van der Waals surface area contributed by atoms with Gasteiger partial charge in [-0.15, -0.1) is 0 Å². The highest BCUT2D eigenvalue weighted by atomic mass is 16.5. The molecule has 1 heterocycles. The van der Waals surface area contributed by atoms with E-state index in [0.717, 1.165) is 23.1 Å². The predicted molar refractivity (Wildman–Crippen MR) is 67.5 cm³/mol. The van der Waals surface area contributed by atoms with Gasteiger partial charge in [-0.05, 0) is 24.6 Å². The van der Waals surface area contributed by atoms with Crippen molar-refractivity contribution < 1.29 is 9.53 Å². The number of methoxy groups -OCH3 is 1. The molecule has 90 valence electrons. The van der Waals surface area contributed by atoms with Crippen molar-refractivity contribution in [3.8, 4) is 5.75 Å². The van der Waals surface area contributed by atoms with Gasteiger partial charge in [0, 0.05) is 23.5 Å². The number of carbonyl (C=O) groups excluding carboxylic acids is 1. The van der Waals surface area contributed by atoms with Gasteiger partial charge in [0.1, 0.15) is 11.4 Å². The summed E-state index contributed by atoms with van der Waals surface area (Å²) in [5.74, 6) is 0.710. The molecule has 0 saturated carbocycles. The highest BCUT2D eigenvalue weighted by Gasteiger charge is 2.08. The Balaban J connectivity index is 2.28. The van der Waals surface area contributed by atoms with Crippen molar-refractivity contribution in [2.45, 2.75) is 13.3 Å². The minimum Gasteiger partial charge on any atom is -0.497 e. The number of ether oxygens (including phenoxy) is 1. The molecule has 0 spiro atoms. The number of aromatic nitrogens is 1. The Hall–Kier alpha value is -1.97. The van der Waals surface area contributed by atoms with Crippen molar-refractivity contribution in [1.82, 2.24) is 10.3 Å². The molecule has 0 unspecified atom stereocenters. The van der Waals surface area contributed by atoms with Crippen molar-refractivity contribution in [2.24, 2.45) is 0 Å². The fourth-order valence-corrected chi connectivity index (χ4v) is 1.69. The average Bonchev–Trinajstić information content (AvgIpc) is 2.78. The van der Waals surface area contributed by atoms with Crippen LogP contribution in [0.3, 0.4) is 0 Å². The lowest BCUT2D eigenvalue weighted by Gasteiger charge is -1.99. The van der Waals surface area contributed by atoms with Crippen molar-refractivity contribution in [3.63, 3.8) is 0 Å². The van der Waals surface area contributed by atoms with E-state index in [2.05, 4.69) is 10.3 Å². The molecule has 0 fully saturated rings. The number of benzene rings is 1. The van der Waals surface area contributed by atoms with Crippen LogP contribution in [0, 0.1) is 0 Å². The quantitative estimate of drug-likeness (QED) is 0.850. The van der Waals surface area contributed by atoms with E-state index in [1.165, 1.54) is 0 Å². The Labute approximate surface area is 100.0 Å². The van der Waals surface area contributed by atoms with Gasteiger partial charge in [-0.3, -0.25) is 4.79 Å². The van der Waals surface area contributed by atoms with Crippen LogP contribution in [0.4, 0.5) is 0 Å². The van der Waals surface area contributed by atoms with Crippen LogP contribution < -0.4 is 10.1 Å². The van der Waals surface area contributed by atoms with E-state index in [1.807, 2.05) is 31.2 Å². The molecule has 0 radical (unpaired) electrons. The van der Waals surface area contributed by atoms with Crippen molar-refractivity contribution >= 4 is 16.8 Å². The van der Waals surface area contributed by atoms with E-state index < -0.39 is 0 Å². The molecule has 0 atom stereocenters. The van der Waals surface area contributed by atoms with E-state index in [4.69, 9.17) is 4.74 Å². The normalized spacial score (nSPS) is 10.5. The second-order valence-corrected chi connectivity index (χ2v) is 3.89. The van der Waals surface area contributed by atoms with Crippen molar-refractivity contribution in [1.29, 1.82) is 0 Å². The van der Waals surface area contributed by atoms with Crippen LogP contribution in [-0.4, -0.2) is 24.5 Å². The van der Waals surface area contributed by atoms with E-state index in [9.17, 15) is 4.79 Å². The molecule has 1 amide bonds. The molecule has 2 rings (SSSR count). The van der Waals surface area contributed by atoms with Crippen molar-refractivity contribution in [3.05, 3.63) is 30.0 Å². The van der Waals surface area contributed by atoms with Gasteiger partial charge in [0.25, 0.3) is 5.91 Å². The predicted octanol–water partition coefficient (Wildman–Crippen LogP) is 2.32. The lowest BCUT2D eigenvalue weighted by molar-refractivity contribution is 0.0949. The smallest absolute Gasteiger partial charge is 0.267 e. The monoisotopic (exact) mass is 232 g/mol. The average molecular weight is 232 g/mol. The van der Waals surface area contributed by atoms with E-state index in [1.54, 1.807) is 7.11 Å². The van der Waals surface area contributed by atoms with Crippen LogP contribution in [0.2, 0.25) is 0 Å². The molecule has 0 aliphatic rings. The lowest BCUT2D eigenvalue weighted by atomic mass is 10.2. The van der Waals surface area contributed by atoms with Gasteiger partial charge >= 0.3 is 0 Å². The summed E-state index contributed by atoms with van der Waals surface area (Å²) in [6.45, 7) is 2.72. The number of nitrogens with one attached hydrogen (secondary N) is 2. The molecule has 17 heavy (non-hydrogen) atoms. The molecule has 0 bridgehead atoms. The summed E-state index contributed by atoms with van der Waals surface area (Å²) in [6.07, 6.45) is 0.930. The number of fused-ring (bicyclic) bond motifs is 1. The van der Waals surface area contributed by atoms with Gasteiger partial charge in [0.15, 0.2) is 0 Å². The van der Waals surface area contributed by atoms with Crippen LogP contribution in [0.5, 0.6) is 5.75 Å². The largest absolute Gasteiger partial charge is 0.497 e. The maximum atomic E-state index is 11.8. The fraction of sp³-hybridized carbons (Fsp3) is 0.308. The first-order chi connectivity index (χ1) is 8.24. The first kappa shape index (κ1) is 11.5. The third-order valence-electron chi connectivity index (χ3n) is 2.61. The Bertz CT molecular complexity index is 531. The zero-order chi connectivity index (χ0) is 12.3. The first-order valence-corrected chi connectivity index (χ1v) is 5.69. The van der Waals surface area contributed by atoms with E-state index in [0.29, 0.717) is 12.2 Å². The molecule has 1 aromatic carbocycles. The Morgan fingerprint density at radius 1 is 1.41 bits per heavy atom. The number of aromatic amines is 1. The summed E-state index contributed by atoms with van der Waals surface area (Å²) in [5.41, 5.74) is 1.49. The molecule has 2 aromatic rings. The minimum atomic E-state index is -0.0676.